The van der Waals surface area contributed by atoms with Crippen LogP contribution in [0.15, 0.2) is 30.3 Å². The van der Waals surface area contributed by atoms with E-state index in [-0.39, 0.29) is 12.5 Å². The highest BCUT2D eigenvalue weighted by Gasteiger charge is 2.44. The smallest absolute Gasteiger partial charge is 0.411 e. The minimum absolute atomic E-state index is 0.221. The molecule has 1 aliphatic rings. The zero-order valence-electron chi connectivity index (χ0n) is 16.5. The van der Waals surface area contributed by atoms with Crippen molar-refractivity contribution in [2.24, 2.45) is 0 Å². The molecule has 2 heterocycles. The van der Waals surface area contributed by atoms with Crippen LogP contribution in [0, 0.1) is 0 Å². The molecule has 0 N–H and O–H groups in total. The maximum atomic E-state index is 12.5. The van der Waals surface area contributed by atoms with Crippen LogP contribution in [0.4, 0.5) is 4.79 Å². The van der Waals surface area contributed by atoms with E-state index >= 15 is 0 Å². The Morgan fingerprint density at radius 1 is 1.21 bits per heavy atom. The van der Waals surface area contributed by atoms with Gasteiger partial charge < -0.3 is 9.47 Å². The standard InChI is InChI=1S/C19H25N5O4/c1-19(2,3)28-18(26)23-12-14(10-15(23)17(25)27-4)16-20-22-24(21-16)11-13-8-6-5-7-9-13/h5-9,14-15H,10-12H2,1-4H3/t14-,15-/m1/s1. The predicted molar refractivity (Wildman–Crippen MR) is 99.5 cm³/mol. The summed E-state index contributed by atoms with van der Waals surface area (Å²) in [6.07, 6.45) is -0.190. The number of benzene rings is 1. The van der Waals surface area contributed by atoms with Gasteiger partial charge in [0.2, 0.25) is 0 Å². The number of carbonyl (C=O) groups excluding carboxylic acids is 2. The summed E-state index contributed by atoms with van der Waals surface area (Å²) >= 11 is 0. The van der Waals surface area contributed by atoms with Crippen molar-refractivity contribution in [2.45, 2.75) is 51.3 Å². The van der Waals surface area contributed by atoms with Crippen molar-refractivity contribution in [2.75, 3.05) is 13.7 Å². The van der Waals surface area contributed by atoms with Crippen molar-refractivity contribution in [3.63, 3.8) is 0 Å². The summed E-state index contributed by atoms with van der Waals surface area (Å²) in [5.74, 6) is -0.206. The molecule has 2 aromatic rings. The fourth-order valence-electron chi connectivity index (χ4n) is 3.14. The van der Waals surface area contributed by atoms with E-state index < -0.39 is 23.7 Å². The molecule has 1 fully saturated rings. The second kappa shape index (κ2) is 7.95. The summed E-state index contributed by atoms with van der Waals surface area (Å²) < 4.78 is 10.3. The first kappa shape index (κ1) is 19.8. The molecule has 0 saturated carbocycles. The van der Waals surface area contributed by atoms with Gasteiger partial charge in [0.15, 0.2) is 5.82 Å². The molecule has 2 atom stereocenters. The Morgan fingerprint density at radius 3 is 2.57 bits per heavy atom. The van der Waals surface area contributed by atoms with Crippen molar-refractivity contribution in [3.05, 3.63) is 41.7 Å². The Kier molecular flexibility index (Phi) is 5.62. The van der Waals surface area contributed by atoms with E-state index in [9.17, 15) is 9.59 Å². The van der Waals surface area contributed by atoms with Crippen LogP contribution in [-0.4, -0.2) is 62.5 Å². The summed E-state index contributed by atoms with van der Waals surface area (Å²) in [6.45, 7) is 6.11. The third kappa shape index (κ3) is 4.65. The van der Waals surface area contributed by atoms with E-state index in [2.05, 4.69) is 15.4 Å². The SMILES string of the molecule is COC(=O)[C@H]1C[C@@H](c2nnn(Cc3ccccc3)n2)CN1C(=O)OC(C)(C)C. The molecule has 28 heavy (non-hydrogen) atoms. The van der Waals surface area contributed by atoms with Crippen molar-refractivity contribution in [1.29, 1.82) is 0 Å². The van der Waals surface area contributed by atoms with Gasteiger partial charge in [-0.3, -0.25) is 4.90 Å². The molecule has 0 spiro atoms. The lowest BCUT2D eigenvalue weighted by molar-refractivity contribution is -0.145. The second-order valence-corrected chi connectivity index (χ2v) is 7.77. The van der Waals surface area contributed by atoms with Crippen LogP contribution in [0.2, 0.25) is 0 Å². The van der Waals surface area contributed by atoms with Gasteiger partial charge in [0.25, 0.3) is 0 Å². The third-order valence-corrected chi connectivity index (χ3v) is 4.40. The van der Waals surface area contributed by atoms with Crippen molar-refractivity contribution in [3.8, 4) is 0 Å². The molecule has 3 rings (SSSR count). The zero-order chi connectivity index (χ0) is 20.3. The van der Waals surface area contributed by atoms with E-state index in [0.717, 1.165) is 5.56 Å². The van der Waals surface area contributed by atoms with Crippen LogP contribution in [0.25, 0.3) is 0 Å². The van der Waals surface area contributed by atoms with Gasteiger partial charge in [-0.2, -0.15) is 4.80 Å². The minimum atomic E-state index is -0.731. The Labute approximate surface area is 163 Å². The van der Waals surface area contributed by atoms with E-state index in [4.69, 9.17) is 9.47 Å². The van der Waals surface area contributed by atoms with Crippen molar-refractivity contribution in [1.82, 2.24) is 25.1 Å². The van der Waals surface area contributed by atoms with E-state index in [1.165, 1.54) is 16.8 Å². The number of esters is 1. The van der Waals surface area contributed by atoms with Gasteiger partial charge in [-0.25, -0.2) is 9.59 Å². The van der Waals surface area contributed by atoms with Crippen molar-refractivity contribution >= 4 is 12.1 Å². The number of nitrogens with zero attached hydrogens (tertiary/aromatic N) is 5. The highest BCUT2D eigenvalue weighted by Crippen LogP contribution is 2.31. The van der Waals surface area contributed by atoms with Crippen LogP contribution < -0.4 is 0 Å². The van der Waals surface area contributed by atoms with Gasteiger partial charge in [-0.15, -0.1) is 10.2 Å². The van der Waals surface area contributed by atoms with Crippen LogP contribution in [0.3, 0.4) is 0 Å². The minimum Gasteiger partial charge on any atom is -0.467 e. The number of amides is 1. The molecular weight excluding hydrogens is 362 g/mol. The summed E-state index contributed by atoms with van der Waals surface area (Å²) in [5, 5.41) is 12.7. The highest BCUT2D eigenvalue weighted by molar-refractivity contribution is 5.82. The number of methoxy groups -OCH3 is 1. The molecule has 0 unspecified atom stereocenters. The molecule has 9 heteroatoms. The van der Waals surface area contributed by atoms with Gasteiger partial charge in [-0.1, -0.05) is 30.3 Å². The number of aromatic nitrogens is 4. The lowest BCUT2D eigenvalue weighted by atomic mass is 10.1. The Balaban J connectivity index is 1.74. The van der Waals surface area contributed by atoms with Gasteiger partial charge in [0.05, 0.1) is 13.7 Å². The quantitative estimate of drug-likeness (QED) is 0.740. The molecule has 1 aromatic carbocycles. The van der Waals surface area contributed by atoms with Gasteiger partial charge in [0.1, 0.15) is 11.6 Å². The first-order valence-electron chi connectivity index (χ1n) is 9.16. The fraction of sp³-hybridized carbons (Fsp3) is 0.526. The van der Waals surface area contributed by atoms with Crippen LogP contribution in [0.5, 0.6) is 0 Å². The number of likely N-dealkylation sites (tertiary alicyclic amines) is 1. The summed E-state index contributed by atoms with van der Waals surface area (Å²) in [7, 11) is 1.30. The van der Waals surface area contributed by atoms with Gasteiger partial charge >= 0.3 is 12.1 Å². The first-order chi connectivity index (χ1) is 13.3. The molecular formula is C19H25N5O4. The predicted octanol–water partition coefficient (Wildman–Crippen LogP) is 1.99. The molecule has 1 saturated heterocycles. The largest absolute Gasteiger partial charge is 0.467 e. The molecule has 0 bridgehead atoms. The molecule has 1 aromatic heterocycles. The lowest BCUT2D eigenvalue weighted by Gasteiger charge is -2.27. The third-order valence-electron chi connectivity index (χ3n) is 4.40. The van der Waals surface area contributed by atoms with E-state index in [0.29, 0.717) is 18.8 Å². The van der Waals surface area contributed by atoms with Gasteiger partial charge in [0, 0.05) is 12.5 Å². The van der Waals surface area contributed by atoms with E-state index in [1.54, 1.807) is 20.8 Å². The highest BCUT2D eigenvalue weighted by atomic mass is 16.6. The van der Waals surface area contributed by atoms with Crippen LogP contribution >= 0.6 is 0 Å². The fourth-order valence-corrected chi connectivity index (χ4v) is 3.14. The number of tetrazole rings is 1. The van der Waals surface area contributed by atoms with Gasteiger partial charge in [-0.05, 0) is 38.0 Å². The number of hydrogen-bond donors (Lipinski definition) is 0. The normalized spacial score (nSPS) is 19.5. The maximum Gasteiger partial charge on any atom is 0.411 e. The number of ether oxygens (including phenoxy) is 2. The molecule has 1 amide bonds. The Bertz CT molecular complexity index is 830. The van der Waals surface area contributed by atoms with Crippen molar-refractivity contribution < 1.29 is 19.1 Å². The average Bonchev–Trinajstić information content (AvgIpc) is 3.27. The Morgan fingerprint density at radius 2 is 1.93 bits per heavy atom. The zero-order valence-corrected chi connectivity index (χ0v) is 16.5. The first-order valence-corrected chi connectivity index (χ1v) is 9.16. The number of carbonyl (C=O) groups is 2. The van der Waals surface area contributed by atoms with Crippen LogP contribution in [-0.2, 0) is 20.8 Å². The second-order valence-electron chi connectivity index (χ2n) is 7.77. The maximum absolute atomic E-state index is 12.5. The van der Waals surface area contributed by atoms with Crippen LogP contribution in [0.1, 0.15) is 44.5 Å². The lowest BCUT2D eigenvalue weighted by Crippen LogP contribution is -2.43. The molecule has 0 radical (unpaired) electrons. The topological polar surface area (TPSA) is 99.4 Å². The monoisotopic (exact) mass is 387 g/mol. The molecule has 1 aliphatic heterocycles. The molecule has 9 nitrogen and oxygen atoms in total. The summed E-state index contributed by atoms with van der Waals surface area (Å²) in [5.41, 5.74) is 0.396. The number of rotatable bonds is 4. The Hall–Kier alpha value is -2.97. The summed E-state index contributed by atoms with van der Waals surface area (Å²) in [4.78, 5) is 27.6. The molecule has 0 aliphatic carbocycles. The average molecular weight is 387 g/mol. The summed E-state index contributed by atoms with van der Waals surface area (Å²) in [6, 6.07) is 9.08. The number of hydrogen-bond acceptors (Lipinski definition) is 7. The van der Waals surface area contributed by atoms with E-state index in [1.807, 2.05) is 30.3 Å². The molecule has 150 valence electrons.